The highest BCUT2D eigenvalue weighted by Crippen LogP contribution is 2.54. The molecule has 1 aromatic heterocycles. The van der Waals surface area contributed by atoms with Crippen LogP contribution in [-0.4, -0.2) is 52.9 Å². The Hall–Kier alpha value is -2.09. The molecule has 24 heavy (non-hydrogen) atoms. The normalized spacial score (nSPS) is 37.7. The molecule has 4 atom stereocenters. The highest BCUT2D eigenvalue weighted by molar-refractivity contribution is 6.07. The number of fused-ring (bicyclic) bond motifs is 5. The van der Waals surface area contributed by atoms with E-state index in [1.165, 1.54) is 4.90 Å². The number of carbonyl (C=O) groups is 2. The summed E-state index contributed by atoms with van der Waals surface area (Å²) >= 11 is 0. The third-order valence-electron chi connectivity index (χ3n) is 5.21. The lowest BCUT2D eigenvalue weighted by atomic mass is 9.76. The highest BCUT2D eigenvalue weighted by Gasteiger charge is 2.71. The number of amides is 2. The lowest BCUT2D eigenvalue weighted by Gasteiger charge is -2.32. The van der Waals surface area contributed by atoms with Crippen LogP contribution in [0.1, 0.15) is 5.69 Å². The van der Waals surface area contributed by atoms with Crippen molar-refractivity contribution in [1.29, 1.82) is 0 Å². The van der Waals surface area contributed by atoms with Gasteiger partial charge >= 0.3 is 0 Å². The van der Waals surface area contributed by atoms with Crippen LogP contribution in [0.2, 0.25) is 0 Å². The van der Waals surface area contributed by atoms with Gasteiger partial charge in [0, 0.05) is 6.20 Å². The van der Waals surface area contributed by atoms with Crippen LogP contribution < -0.4 is 0 Å². The fraction of sp³-hybridized carbons (Fsp3) is 0.471. The van der Waals surface area contributed by atoms with Crippen molar-refractivity contribution in [3.63, 3.8) is 0 Å². The van der Waals surface area contributed by atoms with Crippen molar-refractivity contribution in [3.8, 4) is 0 Å². The summed E-state index contributed by atoms with van der Waals surface area (Å²) in [6.45, 7) is 1.11. The molecule has 0 aliphatic carbocycles. The molecule has 5 heterocycles. The summed E-state index contributed by atoms with van der Waals surface area (Å²) in [4.78, 5) is 31.3. The molecule has 5 rings (SSSR count). The molecule has 0 N–H and O–H groups in total. The zero-order valence-electron chi connectivity index (χ0n) is 12.8. The van der Waals surface area contributed by atoms with Crippen LogP contribution in [0.4, 0.5) is 0 Å². The van der Waals surface area contributed by atoms with Gasteiger partial charge in [0.25, 0.3) is 0 Å². The van der Waals surface area contributed by atoms with Crippen LogP contribution >= 0.6 is 0 Å². The van der Waals surface area contributed by atoms with Crippen LogP contribution in [-0.2, 0) is 30.3 Å². The van der Waals surface area contributed by atoms with Crippen molar-refractivity contribution in [2.75, 3.05) is 13.2 Å². The van der Waals surface area contributed by atoms with Crippen LogP contribution in [0.5, 0.6) is 0 Å². The monoisotopic (exact) mass is 328 g/mol. The average Bonchev–Trinajstić information content (AvgIpc) is 3.36. The second-order valence-electron chi connectivity index (χ2n) is 6.46. The molecule has 0 aromatic carbocycles. The van der Waals surface area contributed by atoms with E-state index >= 15 is 0 Å². The summed E-state index contributed by atoms with van der Waals surface area (Å²) in [5.74, 6) is -1.53. The predicted molar refractivity (Wildman–Crippen MR) is 79.2 cm³/mol. The molecule has 0 saturated carbocycles. The minimum atomic E-state index is -0.989. The number of aromatic nitrogens is 1. The first-order valence-electron chi connectivity index (χ1n) is 8.06. The van der Waals surface area contributed by atoms with Gasteiger partial charge in [-0.15, -0.1) is 0 Å². The maximum absolute atomic E-state index is 13.0. The van der Waals surface area contributed by atoms with E-state index in [1.54, 1.807) is 18.3 Å². The third kappa shape index (κ3) is 1.74. The van der Waals surface area contributed by atoms with Crippen molar-refractivity contribution in [1.82, 2.24) is 9.88 Å². The van der Waals surface area contributed by atoms with E-state index in [0.29, 0.717) is 18.9 Å². The van der Waals surface area contributed by atoms with Crippen LogP contribution in [0.3, 0.4) is 0 Å². The van der Waals surface area contributed by atoms with E-state index in [1.807, 2.05) is 18.2 Å². The molecule has 0 unspecified atom stereocenters. The van der Waals surface area contributed by atoms with E-state index in [2.05, 4.69) is 4.98 Å². The molecule has 2 amide bonds. The third-order valence-corrected chi connectivity index (χ3v) is 5.21. The lowest BCUT2D eigenvalue weighted by Crippen LogP contribution is -2.49. The first kappa shape index (κ1) is 14.3. The number of ether oxygens (including phenoxy) is 3. The summed E-state index contributed by atoms with van der Waals surface area (Å²) in [6.07, 6.45) is 4.30. The Labute approximate surface area is 138 Å². The Bertz CT molecular complexity index is 730. The van der Waals surface area contributed by atoms with Crippen LogP contribution in [0.25, 0.3) is 0 Å². The van der Waals surface area contributed by atoms with Gasteiger partial charge in [-0.25, -0.2) is 0 Å². The molecule has 3 saturated heterocycles. The van der Waals surface area contributed by atoms with E-state index in [0.717, 1.165) is 0 Å². The molecule has 3 fully saturated rings. The summed E-state index contributed by atoms with van der Waals surface area (Å²) in [7, 11) is 0. The first-order valence-corrected chi connectivity index (χ1v) is 8.06. The number of imide groups is 1. The van der Waals surface area contributed by atoms with Gasteiger partial charge in [-0.1, -0.05) is 12.1 Å². The van der Waals surface area contributed by atoms with Gasteiger partial charge in [0.1, 0.15) is 0 Å². The maximum Gasteiger partial charge on any atom is 0.237 e. The zero-order valence-corrected chi connectivity index (χ0v) is 12.8. The second kappa shape index (κ2) is 4.95. The molecule has 7 nitrogen and oxygen atoms in total. The van der Waals surface area contributed by atoms with E-state index in [4.69, 9.17) is 14.2 Å². The van der Waals surface area contributed by atoms with Crippen LogP contribution in [0.15, 0.2) is 36.5 Å². The summed E-state index contributed by atoms with van der Waals surface area (Å²) in [5, 5.41) is 0. The SMILES string of the molecule is O=C1[C@@H]2[C@H]3C=C[C@@](C4OCCO4)(O3)[C@H]2C(=O)N1Cc1ccccn1. The molecule has 2 bridgehead atoms. The molecule has 0 radical (unpaired) electrons. The quantitative estimate of drug-likeness (QED) is 0.585. The Morgan fingerprint density at radius 1 is 1.21 bits per heavy atom. The van der Waals surface area contributed by atoms with Crippen molar-refractivity contribution in [2.24, 2.45) is 11.8 Å². The molecule has 124 valence electrons. The molecule has 4 aliphatic heterocycles. The van der Waals surface area contributed by atoms with Crippen molar-refractivity contribution in [2.45, 2.75) is 24.5 Å². The second-order valence-corrected chi connectivity index (χ2v) is 6.46. The van der Waals surface area contributed by atoms with Gasteiger partial charge in [-0.05, 0) is 18.2 Å². The Morgan fingerprint density at radius 2 is 2.04 bits per heavy atom. The smallest absolute Gasteiger partial charge is 0.237 e. The number of carbonyl (C=O) groups excluding carboxylic acids is 2. The van der Waals surface area contributed by atoms with Gasteiger partial charge in [0.05, 0.1) is 43.4 Å². The maximum atomic E-state index is 13.0. The first-order chi connectivity index (χ1) is 11.7. The summed E-state index contributed by atoms with van der Waals surface area (Å²) < 4.78 is 17.2. The van der Waals surface area contributed by atoms with Gasteiger partial charge in [-0.2, -0.15) is 0 Å². The molecular formula is C17H16N2O5. The lowest BCUT2D eigenvalue weighted by molar-refractivity contribution is -0.183. The Balaban J connectivity index is 1.48. The minimum absolute atomic E-state index is 0.181. The van der Waals surface area contributed by atoms with Crippen molar-refractivity contribution < 1.29 is 23.8 Å². The number of nitrogens with zero attached hydrogens (tertiary/aromatic N) is 2. The topological polar surface area (TPSA) is 78.0 Å². The van der Waals surface area contributed by atoms with Crippen LogP contribution in [0, 0.1) is 11.8 Å². The number of likely N-dealkylation sites (tertiary alicyclic amines) is 1. The zero-order chi connectivity index (χ0) is 16.3. The van der Waals surface area contributed by atoms with Gasteiger partial charge in [-0.3, -0.25) is 19.5 Å². The van der Waals surface area contributed by atoms with Gasteiger partial charge < -0.3 is 14.2 Å². The predicted octanol–water partition coefficient (Wildman–Crippen LogP) is 0.263. The minimum Gasteiger partial charge on any atom is -0.357 e. The van der Waals surface area contributed by atoms with E-state index < -0.39 is 29.8 Å². The molecular weight excluding hydrogens is 312 g/mol. The standard InChI is InChI=1S/C17H16N2O5/c20-14-12-11-4-5-17(24-11,16-22-7-8-23-16)13(12)15(21)19(14)9-10-3-1-2-6-18-10/h1-6,11-13,16H,7-9H2/t11-,12-,13-,17-/m1/s1. The Morgan fingerprint density at radius 3 is 2.79 bits per heavy atom. The summed E-state index contributed by atoms with van der Waals surface area (Å²) in [5.41, 5.74) is -0.305. The average molecular weight is 328 g/mol. The summed E-state index contributed by atoms with van der Waals surface area (Å²) in [6, 6.07) is 5.44. The van der Waals surface area contributed by atoms with Gasteiger partial charge in [0.2, 0.25) is 11.8 Å². The number of pyridine rings is 1. The molecule has 0 spiro atoms. The molecule has 4 aliphatic rings. The van der Waals surface area contributed by atoms with Crippen molar-refractivity contribution in [3.05, 3.63) is 42.2 Å². The Kier molecular flexibility index (Phi) is 2.94. The number of hydrogen-bond acceptors (Lipinski definition) is 6. The van der Waals surface area contributed by atoms with Gasteiger partial charge in [0.15, 0.2) is 11.9 Å². The highest BCUT2D eigenvalue weighted by atomic mass is 16.7. The molecule has 1 aromatic rings. The fourth-order valence-corrected chi connectivity index (χ4v) is 4.20. The fourth-order valence-electron chi connectivity index (χ4n) is 4.20. The van der Waals surface area contributed by atoms with E-state index in [9.17, 15) is 9.59 Å². The number of hydrogen-bond donors (Lipinski definition) is 0. The largest absolute Gasteiger partial charge is 0.357 e. The molecule has 7 heteroatoms. The number of rotatable bonds is 3. The van der Waals surface area contributed by atoms with Crippen molar-refractivity contribution >= 4 is 11.8 Å². The van der Waals surface area contributed by atoms with E-state index in [-0.39, 0.29) is 18.4 Å².